The van der Waals surface area contributed by atoms with Crippen molar-refractivity contribution in [1.82, 2.24) is 4.72 Å². The first-order valence-electron chi connectivity index (χ1n) is 6.64. The highest BCUT2D eigenvalue weighted by Gasteiger charge is 2.18. The van der Waals surface area contributed by atoms with Crippen molar-refractivity contribution in [1.29, 1.82) is 0 Å². The van der Waals surface area contributed by atoms with Crippen LogP contribution in [0.2, 0.25) is 0 Å². The van der Waals surface area contributed by atoms with Gasteiger partial charge in [0.05, 0.1) is 4.90 Å². The largest absolute Gasteiger partial charge is 0.385 e. The second-order valence-electron chi connectivity index (χ2n) is 4.87. The highest BCUT2D eigenvalue weighted by Crippen LogP contribution is 2.26. The monoisotopic (exact) mass is 386 g/mol. The Bertz CT molecular complexity index is 756. The number of anilines is 1. The molecule has 0 spiro atoms. The Morgan fingerprint density at radius 1 is 1.33 bits per heavy atom. The second kappa shape index (κ2) is 6.08. The number of rotatable bonds is 4. The van der Waals surface area contributed by atoms with Crippen molar-refractivity contribution < 1.29 is 8.42 Å². The van der Waals surface area contributed by atoms with E-state index in [9.17, 15) is 8.42 Å². The maximum absolute atomic E-state index is 12.4. The summed E-state index contributed by atoms with van der Waals surface area (Å²) < 4.78 is 28.3. The van der Waals surface area contributed by atoms with Crippen LogP contribution in [-0.4, -0.2) is 15.0 Å². The van der Waals surface area contributed by atoms with Gasteiger partial charge in [-0.3, -0.25) is 0 Å². The first-order valence-corrected chi connectivity index (χ1v) is 9.80. The molecule has 112 valence electrons. The molecule has 2 N–H and O–H groups in total. The third-order valence-electron chi connectivity index (χ3n) is 3.44. The fraction of sp³-hybridized carbons (Fsp3) is 0.286. The molecule has 7 heteroatoms. The van der Waals surface area contributed by atoms with Crippen molar-refractivity contribution >= 4 is 43.0 Å². The van der Waals surface area contributed by atoms with E-state index in [0.29, 0.717) is 11.4 Å². The number of hydrogen-bond acceptors (Lipinski definition) is 4. The van der Waals surface area contributed by atoms with Crippen LogP contribution in [0.4, 0.5) is 5.69 Å². The van der Waals surface area contributed by atoms with Gasteiger partial charge in [0.15, 0.2) is 0 Å². The van der Waals surface area contributed by atoms with E-state index in [-0.39, 0.29) is 0 Å². The summed E-state index contributed by atoms with van der Waals surface area (Å²) in [5.41, 5.74) is 2.11. The number of thiophene rings is 1. The Kier molecular flexibility index (Phi) is 4.35. The van der Waals surface area contributed by atoms with Crippen molar-refractivity contribution in [2.24, 2.45) is 0 Å². The van der Waals surface area contributed by atoms with Gasteiger partial charge in [-0.15, -0.1) is 11.3 Å². The van der Waals surface area contributed by atoms with E-state index in [2.05, 4.69) is 26.0 Å². The number of hydrogen-bond donors (Lipinski definition) is 2. The number of fused-ring (bicyclic) bond motifs is 1. The molecule has 0 bridgehead atoms. The summed E-state index contributed by atoms with van der Waals surface area (Å²) in [6.07, 6.45) is 2.09. The van der Waals surface area contributed by atoms with Gasteiger partial charge in [0.25, 0.3) is 0 Å². The minimum absolute atomic E-state index is 0.297. The number of benzene rings is 1. The van der Waals surface area contributed by atoms with Gasteiger partial charge in [-0.25, -0.2) is 13.1 Å². The summed E-state index contributed by atoms with van der Waals surface area (Å²) in [6.45, 7) is 1.19. The lowest BCUT2D eigenvalue weighted by Crippen LogP contribution is -2.23. The third-order valence-corrected chi connectivity index (χ3v) is 6.77. The van der Waals surface area contributed by atoms with Gasteiger partial charge in [-0.2, -0.15) is 0 Å². The fourth-order valence-corrected chi connectivity index (χ4v) is 4.85. The third kappa shape index (κ3) is 3.31. The fourth-order valence-electron chi connectivity index (χ4n) is 2.30. The molecule has 1 aromatic heterocycles. The molecular formula is C14H15BrN2O2S2. The number of nitrogens with one attached hydrogen (secondary N) is 2. The van der Waals surface area contributed by atoms with Gasteiger partial charge in [0, 0.05) is 28.1 Å². The van der Waals surface area contributed by atoms with E-state index >= 15 is 0 Å². The van der Waals surface area contributed by atoms with Crippen molar-refractivity contribution in [3.05, 3.63) is 44.6 Å². The number of sulfonamides is 1. The lowest BCUT2D eigenvalue weighted by atomic mass is 10.0. The van der Waals surface area contributed by atoms with Gasteiger partial charge in [0.1, 0.15) is 0 Å². The molecule has 0 radical (unpaired) electrons. The van der Waals surface area contributed by atoms with E-state index < -0.39 is 10.0 Å². The van der Waals surface area contributed by atoms with Crippen molar-refractivity contribution in [2.45, 2.75) is 24.3 Å². The lowest BCUT2D eigenvalue weighted by molar-refractivity contribution is 0.581. The van der Waals surface area contributed by atoms with Gasteiger partial charge in [-0.1, -0.05) is 6.07 Å². The van der Waals surface area contributed by atoms with Gasteiger partial charge < -0.3 is 5.32 Å². The quantitative estimate of drug-likeness (QED) is 0.846. The van der Waals surface area contributed by atoms with Crippen LogP contribution in [0.3, 0.4) is 0 Å². The van der Waals surface area contributed by atoms with E-state index in [4.69, 9.17) is 0 Å². The standard InChI is InChI=1S/C14H15BrN2O2S2/c15-12-5-7-20-14(12)9-17-21(18,19)11-4-3-10-2-1-6-16-13(10)8-11/h3-5,7-8,16-17H,1-2,6,9H2. The maximum atomic E-state index is 12.4. The summed E-state index contributed by atoms with van der Waals surface area (Å²) in [5.74, 6) is 0. The summed E-state index contributed by atoms with van der Waals surface area (Å²) in [5, 5.41) is 5.18. The van der Waals surface area contributed by atoms with Crippen LogP contribution in [0.5, 0.6) is 0 Å². The first kappa shape index (κ1) is 15.0. The van der Waals surface area contributed by atoms with Crippen LogP contribution in [0.1, 0.15) is 16.9 Å². The predicted molar refractivity (Wildman–Crippen MR) is 89.3 cm³/mol. The summed E-state index contributed by atoms with van der Waals surface area (Å²) in [7, 11) is -3.49. The molecule has 4 nitrogen and oxygen atoms in total. The van der Waals surface area contributed by atoms with Gasteiger partial charge >= 0.3 is 0 Å². The zero-order valence-corrected chi connectivity index (χ0v) is 14.4. The van der Waals surface area contributed by atoms with Crippen LogP contribution < -0.4 is 10.0 Å². The Morgan fingerprint density at radius 3 is 2.95 bits per heavy atom. The predicted octanol–water partition coefficient (Wildman–Crippen LogP) is 3.35. The van der Waals surface area contributed by atoms with E-state index in [0.717, 1.165) is 34.4 Å². The van der Waals surface area contributed by atoms with Crippen LogP contribution in [0, 0.1) is 0 Å². The highest BCUT2D eigenvalue weighted by atomic mass is 79.9. The molecule has 0 amide bonds. The van der Waals surface area contributed by atoms with Gasteiger partial charge in [-0.05, 0) is 57.9 Å². The van der Waals surface area contributed by atoms with E-state index in [1.54, 1.807) is 12.1 Å². The molecule has 0 fully saturated rings. The molecule has 21 heavy (non-hydrogen) atoms. The normalized spacial score (nSPS) is 14.5. The Labute approximate surface area is 136 Å². The molecular weight excluding hydrogens is 372 g/mol. The Hall–Kier alpha value is -0.890. The van der Waals surface area contributed by atoms with Crippen molar-refractivity contribution in [3.63, 3.8) is 0 Å². The maximum Gasteiger partial charge on any atom is 0.240 e. The zero-order chi connectivity index (χ0) is 14.9. The molecule has 0 unspecified atom stereocenters. The molecule has 0 atom stereocenters. The summed E-state index contributed by atoms with van der Waals surface area (Å²) in [6, 6.07) is 7.21. The molecule has 1 aromatic carbocycles. The summed E-state index contributed by atoms with van der Waals surface area (Å²) in [4.78, 5) is 1.28. The number of halogens is 1. The zero-order valence-electron chi connectivity index (χ0n) is 11.2. The minimum atomic E-state index is -3.49. The molecule has 2 heterocycles. The molecule has 2 aromatic rings. The Morgan fingerprint density at radius 2 is 2.19 bits per heavy atom. The molecule has 1 aliphatic rings. The second-order valence-corrected chi connectivity index (χ2v) is 8.49. The SMILES string of the molecule is O=S(=O)(NCc1sccc1Br)c1ccc2c(c1)NCCC2. The van der Waals surface area contributed by atoms with Crippen molar-refractivity contribution in [3.8, 4) is 0 Å². The molecule has 1 aliphatic heterocycles. The first-order chi connectivity index (χ1) is 10.1. The van der Waals surface area contributed by atoms with Crippen LogP contribution in [0.25, 0.3) is 0 Å². The van der Waals surface area contributed by atoms with Gasteiger partial charge in [0.2, 0.25) is 10.0 Å². The minimum Gasteiger partial charge on any atom is -0.385 e. The average Bonchev–Trinajstić information content (AvgIpc) is 2.90. The summed E-state index contributed by atoms with van der Waals surface area (Å²) >= 11 is 4.93. The van der Waals surface area contributed by atoms with Crippen LogP contribution >= 0.6 is 27.3 Å². The van der Waals surface area contributed by atoms with E-state index in [1.165, 1.54) is 16.9 Å². The van der Waals surface area contributed by atoms with Crippen LogP contribution in [0.15, 0.2) is 39.0 Å². The smallest absolute Gasteiger partial charge is 0.240 e. The van der Waals surface area contributed by atoms with E-state index in [1.807, 2.05) is 17.5 Å². The van der Waals surface area contributed by atoms with Crippen LogP contribution in [-0.2, 0) is 23.0 Å². The average molecular weight is 387 g/mol. The number of aryl methyl sites for hydroxylation is 1. The molecule has 0 aliphatic carbocycles. The van der Waals surface area contributed by atoms with Crippen molar-refractivity contribution in [2.75, 3.05) is 11.9 Å². The molecule has 0 saturated heterocycles. The Balaban J connectivity index is 1.80. The molecule has 0 saturated carbocycles. The molecule has 3 rings (SSSR count). The highest BCUT2D eigenvalue weighted by molar-refractivity contribution is 9.10. The lowest BCUT2D eigenvalue weighted by Gasteiger charge is -2.18. The topological polar surface area (TPSA) is 58.2 Å².